The van der Waals surface area contributed by atoms with Crippen LogP contribution in [0.3, 0.4) is 0 Å². The molecule has 1 aliphatic rings. The fourth-order valence-corrected chi connectivity index (χ4v) is 1.94. The maximum atomic E-state index is 3.30. The van der Waals surface area contributed by atoms with E-state index in [0.717, 1.165) is 26.4 Å². The van der Waals surface area contributed by atoms with Crippen LogP contribution in [0, 0.1) is 0 Å². The molecule has 1 saturated heterocycles. The molecule has 1 rings (SSSR count). The summed E-state index contributed by atoms with van der Waals surface area (Å²) in [5.41, 5.74) is 0. The van der Waals surface area contributed by atoms with E-state index in [1.165, 1.54) is 26.2 Å². The van der Waals surface area contributed by atoms with E-state index < -0.39 is 0 Å². The van der Waals surface area contributed by atoms with E-state index in [4.69, 9.17) is 0 Å². The first kappa shape index (κ1) is 5.98. The summed E-state index contributed by atoms with van der Waals surface area (Å²) in [5, 5.41) is 3.30. The third kappa shape index (κ3) is 2.06. The van der Waals surface area contributed by atoms with Crippen molar-refractivity contribution in [2.45, 2.75) is 0 Å². The summed E-state index contributed by atoms with van der Waals surface area (Å²) in [6.07, 6.45) is 0. The molecule has 0 radical (unpaired) electrons. The summed E-state index contributed by atoms with van der Waals surface area (Å²) < 4.78 is 2.52. The van der Waals surface area contributed by atoms with Crippen LogP contribution in [0.25, 0.3) is 0 Å². The second-order valence-corrected chi connectivity index (χ2v) is 5.35. The van der Waals surface area contributed by atoms with E-state index in [-0.39, 0.29) is 0 Å². The van der Waals surface area contributed by atoms with Gasteiger partial charge in [0.25, 0.3) is 0 Å². The van der Waals surface area contributed by atoms with Crippen LogP contribution in [-0.4, -0.2) is 28.8 Å². The molecule has 3 heteroatoms. The summed E-state index contributed by atoms with van der Waals surface area (Å²) in [6, 6.07) is 0. The predicted octanol–water partition coefficient (Wildman–Crippen LogP) is -0.647. The summed E-state index contributed by atoms with van der Waals surface area (Å²) in [7, 11) is 0. The minimum absolute atomic E-state index is 0.880. The van der Waals surface area contributed by atoms with E-state index in [1.54, 1.807) is 0 Å². The van der Waals surface area contributed by atoms with Crippen LogP contribution in [0.1, 0.15) is 0 Å². The summed E-state index contributed by atoms with van der Waals surface area (Å²) in [6.45, 7) is 5.01. The molecule has 0 amide bonds. The molecule has 0 saturated carbocycles. The molecule has 1 N–H and O–H groups in total. The van der Waals surface area contributed by atoms with Gasteiger partial charge in [-0.2, -0.15) is 0 Å². The van der Waals surface area contributed by atoms with Crippen LogP contribution in [0.2, 0.25) is 0 Å². The fraction of sp³-hybridized carbons (Fsp3) is 1.00. The number of hydrogen-bond acceptors (Lipinski definition) is 2. The van der Waals surface area contributed by atoms with Crippen molar-refractivity contribution in [3.05, 3.63) is 0 Å². The molecule has 1 fully saturated rings. The zero-order valence-corrected chi connectivity index (χ0v) is 9.98. The van der Waals surface area contributed by atoms with Gasteiger partial charge < -0.3 is 0 Å². The molecular formula is C4H9HgN2. The van der Waals surface area contributed by atoms with Crippen LogP contribution in [0.5, 0.6) is 0 Å². The van der Waals surface area contributed by atoms with Gasteiger partial charge in [-0.1, -0.05) is 0 Å². The predicted molar refractivity (Wildman–Crippen MR) is 24.4 cm³/mol. The Bertz CT molecular complexity index is 51.7. The first-order chi connectivity index (χ1) is 3.39. The van der Waals surface area contributed by atoms with E-state index in [2.05, 4.69) is 7.98 Å². The molecule has 7 heavy (non-hydrogen) atoms. The maximum absolute atomic E-state index is 3.30. The number of piperazine rings is 1. The zero-order valence-electron chi connectivity index (χ0n) is 4.48. The summed E-state index contributed by atoms with van der Waals surface area (Å²) in [5.74, 6) is 0. The first-order valence-electron chi connectivity index (χ1n) is 2.66. The Balaban J connectivity index is 2.12. The van der Waals surface area contributed by atoms with E-state index in [0.29, 0.717) is 0 Å². The molecule has 0 aromatic carbocycles. The van der Waals surface area contributed by atoms with Gasteiger partial charge in [0.1, 0.15) is 0 Å². The molecule has 0 atom stereocenters. The molecular weight excluding hydrogens is 277 g/mol. The number of rotatable bonds is 0. The van der Waals surface area contributed by atoms with Gasteiger partial charge in [0, 0.05) is 0 Å². The Hall–Kier alpha value is 0.855. The molecule has 0 aromatic rings. The van der Waals surface area contributed by atoms with Crippen molar-refractivity contribution in [3.63, 3.8) is 0 Å². The second kappa shape index (κ2) is 3.00. The van der Waals surface area contributed by atoms with Gasteiger partial charge in [-0.05, 0) is 0 Å². The average Bonchev–Trinajstić information content (AvgIpc) is 1.69. The van der Waals surface area contributed by atoms with Gasteiger partial charge in [-0.3, -0.25) is 0 Å². The molecule has 0 aromatic heterocycles. The molecule has 37 valence electrons. The van der Waals surface area contributed by atoms with Crippen LogP contribution in [0.4, 0.5) is 0 Å². The average molecular weight is 286 g/mol. The number of nitrogens with zero attached hydrogens (tertiary/aromatic N) is 1. The van der Waals surface area contributed by atoms with E-state index >= 15 is 0 Å². The van der Waals surface area contributed by atoms with Crippen LogP contribution in [-0.2, 0) is 26.4 Å². The molecule has 1 aliphatic heterocycles. The van der Waals surface area contributed by atoms with Crippen molar-refractivity contribution in [1.82, 2.24) is 7.98 Å². The minimum atomic E-state index is 0.880. The van der Waals surface area contributed by atoms with Gasteiger partial charge in [0.05, 0.1) is 0 Å². The van der Waals surface area contributed by atoms with Gasteiger partial charge in [-0.25, -0.2) is 0 Å². The first-order valence-corrected chi connectivity index (χ1v) is 5.11. The van der Waals surface area contributed by atoms with E-state index in [9.17, 15) is 0 Å². The normalized spacial score (nSPS) is 25.4. The molecule has 0 spiro atoms. The van der Waals surface area contributed by atoms with Crippen molar-refractivity contribution >= 4 is 0 Å². The Morgan fingerprint density at radius 2 is 1.86 bits per heavy atom. The molecule has 0 unspecified atom stereocenters. The fourth-order valence-electron chi connectivity index (χ4n) is 0.711. The van der Waals surface area contributed by atoms with Crippen molar-refractivity contribution in [1.29, 1.82) is 0 Å². The van der Waals surface area contributed by atoms with Crippen molar-refractivity contribution < 1.29 is 26.4 Å². The van der Waals surface area contributed by atoms with E-state index in [1.807, 2.05) is 0 Å². The van der Waals surface area contributed by atoms with Gasteiger partial charge >= 0.3 is 60.6 Å². The number of hydrogen-bond donors (Lipinski definition) is 1. The van der Waals surface area contributed by atoms with Crippen molar-refractivity contribution in [2.24, 2.45) is 0 Å². The number of nitrogens with one attached hydrogen (secondary N) is 1. The van der Waals surface area contributed by atoms with Crippen LogP contribution < -0.4 is 5.32 Å². The Labute approximate surface area is 60.7 Å². The standard InChI is InChI=1S/C4H9N2.Hg/c1-2-6-4-3-5-1;/h5H,1-4H2;/q-1;+1. The Morgan fingerprint density at radius 3 is 2.14 bits per heavy atom. The molecule has 0 aliphatic carbocycles. The van der Waals surface area contributed by atoms with Gasteiger partial charge in [0.15, 0.2) is 0 Å². The van der Waals surface area contributed by atoms with Crippen LogP contribution in [0.15, 0.2) is 0 Å². The monoisotopic (exact) mass is 287 g/mol. The Morgan fingerprint density at radius 1 is 1.29 bits per heavy atom. The van der Waals surface area contributed by atoms with Crippen molar-refractivity contribution in [3.8, 4) is 0 Å². The van der Waals surface area contributed by atoms with Crippen LogP contribution >= 0.6 is 0 Å². The topological polar surface area (TPSA) is 15.3 Å². The summed E-state index contributed by atoms with van der Waals surface area (Å²) >= 11 is 0.880. The van der Waals surface area contributed by atoms with Gasteiger partial charge in [-0.15, -0.1) is 0 Å². The van der Waals surface area contributed by atoms with Gasteiger partial charge in [0.2, 0.25) is 0 Å². The third-order valence-electron chi connectivity index (χ3n) is 1.21. The molecule has 0 bridgehead atoms. The third-order valence-corrected chi connectivity index (χ3v) is 3.67. The Kier molecular flexibility index (Phi) is 2.56. The zero-order chi connectivity index (χ0) is 5.11. The molecule has 2 nitrogen and oxygen atoms in total. The second-order valence-electron chi connectivity index (χ2n) is 1.87. The molecule has 1 heterocycles. The summed E-state index contributed by atoms with van der Waals surface area (Å²) in [4.78, 5) is 0. The quantitative estimate of drug-likeness (QED) is 0.596. The van der Waals surface area contributed by atoms with Crippen molar-refractivity contribution in [2.75, 3.05) is 26.2 Å². The SMILES string of the molecule is [Hg][N]1CCNCC1.